The van der Waals surface area contributed by atoms with Gasteiger partial charge in [0.25, 0.3) is 5.91 Å². The van der Waals surface area contributed by atoms with E-state index in [9.17, 15) is 9.59 Å². The van der Waals surface area contributed by atoms with Crippen LogP contribution in [-0.2, 0) is 4.79 Å². The zero-order valence-electron chi connectivity index (χ0n) is 14.3. The summed E-state index contributed by atoms with van der Waals surface area (Å²) in [5.74, 6) is -0.356. The van der Waals surface area contributed by atoms with Crippen LogP contribution < -0.4 is 16.0 Å². The lowest BCUT2D eigenvalue weighted by atomic mass is 10.0. The van der Waals surface area contributed by atoms with Crippen LogP contribution in [0.5, 0.6) is 0 Å². The van der Waals surface area contributed by atoms with Crippen molar-refractivity contribution in [2.24, 2.45) is 0 Å². The van der Waals surface area contributed by atoms with Crippen molar-refractivity contribution < 1.29 is 14.9 Å². The summed E-state index contributed by atoms with van der Waals surface area (Å²) in [5, 5.41) is 7.55. The molecule has 0 aromatic heterocycles. The molecule has 0 radical (unpaired) electrons. The van der Waals surface area contributed by atoms with Gasteiger partial charge in [0.1, 0.15) is 6.04 Å². The Labute approximate surface area is 152 Å². The largest absolute Gasteiger partial charge is 0.338 e. The maximum Gasteiger partial charge on any atom is 0.321 e. The number of urea groups is 1. The second kappa shape index (κ2) is 9.20. The number of imide groups is 1. The van der Waals surface area contributed by atoms with Gasteiger partial charge in [-0.25, -0.2) is 4.79 Å². The molecule has 0 unspecified atom stereocenters. The van der Waals surface area contributed by atoms with E-state index < -0.39 is 12.1 Å². The minimum atomic E-state index is -0.544. The second-order valence-corrected chi connectivity index (χ2v) is 6.21. The van der Waals surface area contributed by atoms with Gasteiger partial charge < -0.3 is 10.6 Å². The number of carbonyl (C=O) groups is 2. The van der Waals surface area contributed by atoms with Crippen LogP contribution in [0.25, 0.3) is 0 Å². The molecule has 4 N–H and O–H groups in total. The average molecular weight is 361 g/mol. The number of carbonyl (C=O) groups excluding carboxylic acids is 2. The van der Waals surface area contributed by atoms with E-state index in [4.69, 9.17) is 11.6 Å². The van der Waals surface area contributed by atoms with Crippen LogP contribution in [0.3, 0.4) is 0 Å². The van der Waals surface area contributed by atoms with E-state index in [-0.39, 0.29) is 11.9 Å². The first kappa shape index (κ1) is 19.0. The highest BCUT2D eigenvalue weighted by molar-refractivity contribution is 6.30. The standard InChI is InChI=1S/C19H22ClN3O2/c1-3-21-19(25)23-18(24)17(14-8-5-4-6-9-14)22-13(2)15-10-7-11-16(20)12-15/h4-13,17,22H,3H2,1-2H3,(H2,21,23,24,25)/p+1/t13-,17+/m0/s1. The molecule has 2 aromatic rings. The topological polar surface area (TPSA) is 74.8 Å². The Morgan fingerprint density at radius 2 is 1.76 bits per heavy atom. The molecule has 0 saturated carbocycles. The Morgan fingerprint density at radius 1 is 1.08 bits per heavy atom. The van der Waals surface area contributed by atoms with Crippen LogP contribution in [0, 0.1) is 0 Å². The maximum absolute atomic E-state index is 12.6. The molecule has 0 spiro atoms. The number of nitrogens with two attached hydrogens (primary N) is 1. The molecule has 0 bridgehead atoms. The Balaban J connectivity index is 2.20. The van der Waals surface area contributed by atoms with E-state index in [1.54, 1.807) is 6.92 Å². The first-order valence-corrected chi connectivity index (χ1v) is 8.63. The molecule has 0 aliphatic heterocycles. The third-order valence-corrected chi connectivity index (χ3v) is 4.11. The van der Waals surface area contributed by atoms with Gasteiger partial charge in [-0.2, -0.15) is 0 Å². The fourth-order valence-electron chi connectivity index (χ4n) is 2.59. The molecule has 3 amide bonds. The van der Waals surface area contributed by atoms with Gasteiger partial charge >= 0.3 is 6.03 Å². The molecular formula is C19H23ClN3O2+. The molecule has 2 aromatic carbocycles. The van der Waals surface area contributed by atoms with E-state index in [2.05, 4.69) is 10.6 Å². The summed E-state index contributed by atoms with van der Waals surface area (Å²) in [6.07, 6.45) is 0. The molecule has 6 heteroatoms. The third-order valence-electron chi connectivity index (χ3n) is 3.87. The first-order valence-electron chi connectivity index (χ1n) is 8.25. The van der Waals surface area contributed by atoms with Crippen molar-refractivity contribution in [2.45, 2.75) is 25.9 Å². The molecule has 25 heavy (non-hydrogen) atoms. The maximum atomic E-state index is 12.6. The minimum Gasteiger partial charge on any atom is -0.338 e. The van der Waals surface area contributed by atoms with Gasteiger partial charge in [-0.05, 0) is 26.0 Å². The fourth-order valence-corrected chi connectivity index (χ4v) is 2.79. The van der Waals surface area contributed by atoms with Gasteiger partial charge in [0.15, 0.2) is 6.04 Å². The van der Waals surface area contributed by atoms with E-state index in [0.29, 0.717) is 11.6 Å². The summed E-state index contributed by atoms with van der Waals surface area (Å²) in [6, 6.07) is 15.9. The normalized spacial score (nSPS) is 12.9. The van der Waals surface area contributed by atoms with Crippen LogP contribution in [0.2, 0.25) is 5.02 Å². The summed E-state index contributed by atoms with van der Waals surface area (Å²) in [7, 11) is 0. The van der Waals surface area contributed by atoms with Crippen LogP contribution in [0.15, 0.2) is 54.6 Å². The molecule has 0 saturated heterocycles. The summed E-state index contributed by atoms with van der Waals surface area (Å²) >= 11 is 6.06. The number of halogens is 1. The van der Waals surface area contributed by atoms with Gasteiger partial charge in [0.2, 0.25) is 0 Å². The van der Waals surface area contributed by atoms with Gasteiger partial charge in [-0.15, -0.1) is 0 Å². The smallest absolute Gasteiger partial charge is 0.321 e. The molecule has 0 aliphatic carbocycles. The lowest BCUT2D eigenvalue weighted by Gasteiger charge is -2.20. The van der Waals surface area contributed by atoms with E-state index in [1.165, 1.54) is 0 Å². The minimum absolute atomic E-state index is 0.0103. The van der Waals surface area contributed by atoms with Crippen LogP contribution in [0.1, 0.15) is 37.1 Å². The van der Waals surface area contributed by atoms with Crippen molar-refractivity contribution in [3.05, 3.63) is 70.7 Å². The van der Waals surface area contributed by atoms with E-state index in [1.807, 2.05) is 66.8 Å². The van der Waals surface area contributed by atoms with Crippen LogP contribution in [-0.4, -0.2) is 18.5 Å². The molecular weight excluding hydrogens is 338 g/mol. The molecule has 2 rings (SSSR count). The first-order chi connectivity index (χ1) is 12.0. The zero-order chi connectivity index (χ0) is 18.2. The third kappa shape index (κ3) is 5.59. The summed E-state index contributed by atoms with van der Waals surface area (Å²) in [4.78, 5) is 24.3. The number of rotatable bonds is 6. The number of nitrogens with one attached hydrogen (secondary N) is 2. The number of quaternary nitrogens is 1. The van der Waals surface area contributed by atoms with Gasteiger partial charge in [-0.3, -0.25) is 10.1 Å². The van der Waals surface area contributed by atoms with Crippen molar-refractivity contribution in [2.75, 3.05) is 6.54 Å². The molecule has 0 heterocycles. The van der Waals surface area contributed by atoms with Crippen molar-refractivity contribution in [1.29, 1.82) is 0 Å². The van der Waals surface area contributed by atoms with Crippen molar-refractivity contribution in [3.8, 4) is 0 Å². The highest BCUT2D eigenvalue weighted by Crippen LogP contribution is 2.17. The monoisotopic (exact) mass is 360 g/mol. The average Bonchev–Trinajstić information content (AvgIpc) is 2.60. The zero-order valence-corrected chi connectivity index (χ0v) is 15.1. The number of hydrogen-bond donors (Lipinski definition) is 3. The van der Waals surface area contributed by atoms with Gasteiger partial charge in [0.05, 0.1) is 0 Å². The Morgan fingerprint density at radius 3 is 2.40 bits per heavy atom. The summed E-state index contributed by atoms with van der Waals surface area (Å²) < 4.78 is 0. The predicted molar refractivity (Wildman–Crippen MR) is 98.2 cm³/mol. The Kier molecular flexibility index (Phi) is 6.98. The summed E-state index contributed by atoms with van der Waals surface area (Å²) in [6.45, 7) is 4.25. The number of amides is 3. The van der Waals surface area contributed by atoms with Crippen molar-refractivity contribution >= 4 is 23.5 Å². The summed E-state index contributed by atoms with van der Waals surface area (Å²) in [5.41, 5.74) is 1.84. The SMILES string of the molecule is CCNC(=O)NC(=O)[C@H]([NH2+][C@@H](C)c1cccc(Cl)c1)c1ccccc1. The predicted octanol–water partition coefficient (Wildman–Crippen LogP) is 2.55. The Hall–Kier alpha value is -2.37. The highest BCUT2D eigenvalue weighted by Gasteiger charge is 2.28. The van der Waals surface area contributed by atoms with Crippen molar-refractivity contribution in [3.63, 3.8) is 0 Å². The van der Waals surface area contributed by atoms with Crippen LogP contribution in [0.4, 0.5) is 4.79 Å². The van der Waals surface area contributed by atoms with E-state index in [0.717, 1.165) is 11.1 Å². The molecule has 132 valence electrons. The quantitative estimate of drug-likeness (QED) is 0.740. The fraction of sp³-hybridized carbons (Fsp3) is 0.263. The van der Waals surface area contributed by atoms with Gasteiger partial charge in [0, 0.05) is 22.7 Å². The molecule has 0 fully saturated rings. The highest BCUT2D eigenvalue weighted by atomic mass is 35.5. The lowest BCUT2D eigenvalue weighted by molar-refractivity contribution is -0.719. The molecule has 0 aliphatic rings. The van der Waals surface area contributed by atoms with Crippen LogP contribution >= 0.6 is 11.6 Å². The Bertz CT molecular complexity index is 722. The second-order valence-electron chi connectivity index (χ2n) is 5.77. The molecule has 2 atom stereocenters. The molecule has 5 nitrogen and oxygen atoms in total. The number of hydrogen-bond acceptors (Lipinski definition) is 2. The van der Waals surface area contributed by atoms with E-state index >= 15 is 0 Å². The van der Waals surface area contributed by atoms with Gasteiger partial charge in [-0.1, -0.05) is 54.1 Å². The lowest BCUT2D eigenvalue weighted by Crippen LogP contribution is -2.88. The van der Waals surface area contributed by atoms with Crippen molar-refractivity contribution in [1.82, 2.24) is 10.6 Å². The number of benzene rings is 2.